The van der Waals surface area contributed by atoms with Crippen molar-refractivity contribution in [1.82, 2.24) is 10.5 Å². The number of aryl methyl sites for hydroxylation is 1. The molecule has 2 amide bonds. The molecule has 2 fully saturated rings. The van der Waals surface area contributed by atoms with Crippen molar-refractivity contribution in [2.45, 2.75) is 57.9 Å². The molecule has 8 nitrogen and oxygen atoms in total. The van der Waals surface area contributed by atoms with E-state index in [1.807, 2.05) is 37.3 Å². The molecule has 1 aliphatic heterocycles. The maximum absolute atomic E-state index is 13.1. The van der Waals surface area contributed by atoms with Gasteiger partial charge in [-0.1, -0.05) is 30.5 Å². The minimum Gasteiger partial charge on any atom is -0.371 e. The van der Waals surface area contributed by atoms with Crippen molar-refractivity contribution in [2.75, 3.05) is 23.3 Å². The van der Waals surface area contributed by atoms with Crippen molar-refractivity contribution in [1.29, 1.82) is 5.26 Å². The molecule has 0 radical (unpaired) electrons. The van der Waals surface area contributed by atoms with Crippen LogP contribution in [0.15, 0.2) is 47.0 Å². The lowest BCUT2D eigenvalue weighted by Crippen LogP contribution is -2.35. The first kappa shape index (κ1) is 24.6. The second kappa shape index (κ2) is 10.9. The Balaban J connectivity index is 1.32. The molecule has 0 spiro atoms. The third-order valence-electron chi connectivity index (χ3n) is 7.23. The highest BCUT2D eigenvalue weighted by Gasteiger charge is 2.21. The number of anilines is 2. The molecule has 5 rings (SSSR count). The lowest BCUT2D eigenvalue weighted by Gasteiger charge is -2.21. The quantitative estimate of drug-likeness (QED) is 0.469. The first-order chi connectivity index (χ1) is 18.0. The van der Waals surface area contributed by atoms with Gasteiger partial charge < -0.3 is 20.1 Å². The normalized spacial score (nSPS) is 15.8. The molecular weight excluding hydrogens is 466 g/mol. The molecule has 1 saturated carbocycles. The summed E-state index contributed by atoms with van der Waals surface area (Å²) in [6, 6.07) is 14.8. The van der Waals surface area contributed by atoms with E-state index in [0.717, 1.165) is 68.4 Å². The van der Waals surface area contributed by atoms with E-state index in [1.165, 1.54) is 6.42 Å². The molecule has 37 heavy (non-hydrogen) atoms. The van der Waals surface area contributed by atoms with E-state index >= 15 is 0 Å². The maximum Gasteiger partial charge on any atom is 0.290 e. The summed E-state index contributed by atoms with van der Waals surface area (Å²) in [6.07, 6.45) is 7.67. The Hall–Kier alpha value is -4.12. The standard InChI is InChI=1S/C29H31N5O3/c1-19-9-10-23(32-28(35)21-13-20(18-30)14-24(15-21)34-11-5-6-12-34)16-25(19)26-17-27(37-33-26)29(36)31-22-7-3-2-4-8-22/h9-10,13-17,22H,2-8,11-12H2,1H3,(H,31,36)(H,32,35). The van der Waals surface area contributed by atoms with E-state index in [-0.39, 0.29) is 23.6 Å². The highest BCUT2D eigenvalue weighted by atomic mass is 16.5. The van der Waals surface area contributed by atoms with Gasteiger partial charge in [-0.05, 0) is 68.5 Å². The molecular formula is C29H31N5O3. The van der Waals surface area contributed by atoms with E-state index in [4.69, 9.17) is 4.52 Å². The number of rotatable bonds is 6. The molecule has 2 N–H and O–H groups in total. The van der Waals surface area contributed by atoms with Crippen molar-refractivity contribution in [3.8, 4) is 17.3 Å². The van der Waals surface area contributed by atoms with E-state index in [1.54, 1.807) is 12.1 Å². The molecule has 1 saturated heterocycles. The van der Waals surface area contributed by atoms with Gasteiger partial charge in [-0.15, -0.1) is 0 Å². The summed E-state index contributed by atoms with van der Waals surface area (Å²) in [4.78, 5) is 28.0. The maximum atomic E-state index is 13.1. The lowest BCUT2D eigenvalue weighted by atomic mass is 9.95. The monoisotopic (exact) mass is 497 g/mol. The zero-order valence-corrected chi connectivity index (χ0v) is 21.0. The molecule has 0 unspecified atom stereocenters. The predicted molar refractivity (Wildman–Crippen MR) is 142 cm³/mol. The van der Waals surface area contributed by atoms with Crippen LogP contribution < -0.4 is 15.5 Å². The molecule has 1 aromatic heterocycles. The van der Waals surface area contributed by atoms with Gasteiger partial charge >= 0.3 is 0 Å². The molecule has 2 aromatic carbocycles. The van der Waals surface area contributed by atoms with Gasteiger partial charge in [0.2, 0.25) is 5.76 Å². The van der Waals surface area contributed by atoms with E-state index in [9.17, 15) is 14.9 Å². The Morgan fingerprint density at radius 1 is 1.00 bits per heavy atom. The van der Waals surface area contributed by atoms with Crippen LogP contribution in [0.5, 0.6) is 0 Å². The van der Waals surface area contributed by atoms with Crippen LogP contribution >= 0.6 is 0 Å². The fourth-order valence-electron chi connectivity index (χ4n) is 5.16. The third kappa shape index (κ3) is 5.67. The van der Waals surface area contributed by atoms with Crippen LogP contribution in [0.4, 0.5) is 11.4 Å². The van der Waals surface area contributed by atoms with Crippen molar-refractivity contribution in [3.63, 3.8) is 0 Å². The average molecular weight is 498 g/mol. The zero-order valence-electron chi connectivity index (χ0n) is 21.0. The Morgan fingerprint density at radius 3 is 2.54 bits per heavy atom. The minimum atomic E-state index is -0.292. The summed E-state index contributed by atoms with van der Waals surface area (Å²) in [5.41, 5.74) is 4.62. The average Bonchev–Trinajstić information content (AvgIpc) is 3.63. The predicted octanol–water partition coefficient (Wildman–Crippen LogP) is 5.44. The van der Waals surface area contributed by atoms with Crippen LogP contribution in [0, 0.1) is 18.3 Å². The number of hydrogen-bond acceptors (Lipinski definition) is 6. The number of carbonyl (C=O) groups excluding carboxylic acids is 2. The van der Waals surface area contributed by atoms with Crippen LogP contribution in [0.2, 0.25) is 0 Å². The molecule has 190 valence electrons. The van der Waals surface area contributed by atoms with Gasteiger partial charge in [-0.25, -0.2) is 0 Å². The zero-order chi connectivity index (χ0) is 25.8. The van der Waals surface area contributed by atoms with Crippen molar-refractivity contribution < 1.29 is 14.1 Å². The SMILES string of the molecule is Cc1ccc(NC(=O)c2cc(C#N)cc(N3CCCC3)c2)cc1-c1cc(C(=O)NC2CCCCC2)on1. The van der Waals surface area contributed by atoms with E-state index in [0.29, 0.717) is 22.5 Å². The highest BCUT2D eigenvalue weighted by Crippen LogP contribution is 2.28. The number of benzene rings is 2. The Kier molecular flexibility index (Phi) is 7.22. The van der Waals surface area contributed by atoms with Crippen LogP contribution in [0.25, 0.3) is 11.3 Å². The molecule has 2 aliphatic rings. The molecule has 3 aromatic rings. The number of nitrogens with one attached hydrogen (secondary N) is 2. The number of hydrogen-bond donors (Lipinski definition) is 2. The molecule has 8 heteroatoms. The van der Waals surface area contributed by atoms with Gasteiger partial charge in [-0.3, -0.25) is 9.59 Å². The summed E-state index contributed by atoms with van der Waals surface area (Å²) in [5, 5.41) is 19.6. The number of amides is 2. The van der Waals surface area contributed by atoms with Crippen molar-refractivity contribution >= 4 is 23.2 Å². The molecule has 0 atom stereocenters. The lowest BCUT2D eigenvalue weighted by molar-refractivity contribution is 0.0890. The van der Waals surface area contributed by atoms with Gasteiger partial charge in [0.05, 0.1) is 11.6 Å². The minimum absolute atomic E-state index is 0.178. The van der Waals surface area contributed by atoms with Crippen LogP contribution in [0.1, 0.15) is 77.0 Å². The molecule has 0 bridgehead atoms. The molecule has 1 aliphatic carbocycles. The summed E-state index contributed by atoms with van der Waals surface area (Å²) >= 11 is 0. The topological polar surface area (TPSA) is 111 Å². The van der Waals surface area contributed by atoms with Crippen molar-refractivity contribution in [2.24, 2.45) is 0 Å². The summed E-state index contributed by atoms with van der Waals surface area (Å²) in [7, 11) is 0. The number of aromatic nitrogens is 1. The largest absolute Gasteiger partial charge is 0.371 e. The summed E-state index contributed by atoms with van der Waals surface area (Å²) in [6.45, 7) is 3.79. The highest BCUT2D eigenvalue weighted by molar-refractivity contribution is 6.05. The van der Waals surface area contributed by atoms with Gasteiger partial charge in [0, 0.05) is 47.7 Å². The fourth-order valence-corrected chi connectivity index (χ4v) is 5.16. The second-order valence-corrected chi connectivity index (χ2v) is 9.94. The Morgan fingerprint density at radius 2 is 1.78 bits per heavy atom. The van der Waals surface area contributed by atoms with Crippen molar-refractivity contribution in [3.05, 3.63) is 64.9 Å². The fraction of sp³-hybridized carbons (Fsp3) is 0.379. The first-order valence-corrected chi connectivity index (χ1v) is 13.0. The summed E-state index contributed by atoms with van der Waals surface area (Å²) < 4.78 is 5.37. The smallest absolute Gasteiger partial charge is 0.290 e. The molecule has 2 heterocycles. The van der Waals surface area contributed by atoms with Gasteiger partial charge in [0.15, 0.2) is 0 Å². The van der Waals surface area contributed by atoms with Crippen LogP contribution in [0.3, 0.4) is 0 Å². The first-order valence-electron chi connectivity index (χ1n) is 13.0. The van der Waals surface area contributed by atoms with Crippen LogP contribution in [-0.4, -0.2) is 36.1 Å². The van der Waals surface area contributed by atoms with Gasteiger partial charge in [-0.2, -0.15) is 5.26 Å². The van der Waals surface area contributed by atoms with Crippen LogP contribution in [-0.2, 0) is 0 Å². The van der Waals surface area contributed by atoms with Gasteiger partial charge in [0.1, 0.15) is 5.69 Å². The Labute approximate surface area is 216 Å². The van der Waals surface area contributed by atoms with E-state index in [2.05, 4.69) is 26.8 Å². The van der Waals surface area contributed by atoms with E-state index < -0.39 is 0 Å². The third-order valence-corrected chi connectivity index (χ3v) is 7.23. The second-order valence-electron chi connectivity index (χ2n) is 9.94. The number of nitrogens with zero attached hydrogens (tertiary/aromatic N) is 3. The van der Waals surface area contributed by atoms with Gasteiger partial charge in [0.25, 0.3) is 11.8 Å². The Bertz CT molecular complexity index is 1340. The summed E-state index contributed by atoms with van der Waals surface area (Å²) in [5.74, 6) is -0.365. The number of nitriles is 1. The number of carbonyl (C=O) groups is 2.